The van der Waals surface area contributed by atoms with Gasteiger partial charge in [0.1, 0.15) is 5.75 Å². The molecule has 9 heteroatoms. The highest BCUT2D eigenvalue weighted by molar-refractivity contribution is 7.80. The number of methoxy groups -OCH3 is 3. The predicted octanol–water partition coefficient (Wildman–Crippen LogP) is 3.86. The summed E-state index contributed by atoms with van der Waals surface area (Å²) >= 11 is 5.71. The molecule has 0 fully saturated rings. The highest BCUT2D eigenvalue weighted by atomic mass is 32.1. The van der Waals surface area contributed by atoms with Gasteiger partial charge in [-0.05, 0) is 55.4 Å². The smallest absolute Gasteiger partial charge is 0.253 e. The second-order valence-corrected chi connectivity index (χ2v) is 8.29. The van der Waals surface area contributed by atoms with Gasteiger partial charge in [0.25, 0.3) is 5.56 Å². The highest BCUT2D eigenvalue weighted by Crippen LogP contribution is 2.31. The third kappa shape index (κ3) is 7.10. The molecule has 0 saturated carbocycles. The van der Waals surface area contributed by atoms with Crippen LogP contribution in [0.25, 0.3) is 10.9 Å². The molecule has 2 aromatic carbocycles. The van der Waals surface area contributed by atoms with Gasteiger partial charge in [-0.15, -0.1) is 0 Å². The number of ether oxygens (including phenoxy) is 4. The van der Waals surface area contributed by atoms with Crippen molar-refractivity contribution in [3.05, 3.63) is 63.9 Å². The molecule has 0 spiro atoms. The molecule has 3 aromatic rings. The molecule has 0 radical (unpaired) electrons. The minimum absolute atomic E-state index is 0.177. The zero-order valence-electron chi connectivity index (χ0n) is 20.7. The van der Waals surface area contributed by atoms with E-state index in [9.17, 15) is 4.79 Å². The number of nitrogens with one attached hydrogen (secondary N) is 2. The van der Waals surface area contributed by atoms with Crippen molar-refractivity contribution in [1.29, 1.82) is 0 Å². The van der Waals surface area contributed by atoms with E-state index < -0.39 is 0 Å². The minimum atomic E-state index is -0.177. The Morgan fingerprint density at radius 1 is 1.00 bits per heavy atom. The fourth-order valence-corrected chi connectivity index (χ4v) is 3.91. The van der Waals surface area contributed by atoms with Crippen molar-refractivity contribution in [3.63, 3.8) is 0 Å². The van der Waals surface area contributed by atoms with Gasteiger partial charge in [0.2, 0.25) is 0 Å². The van der Waals surface area contributed by atoms with E-state index in [1.165, 1.54) is 0 Å². The van der Waals surface area contributed by atoms with Crippen LogP contribution in [0.3, 0.4) is 0 Å². The number of fused-ring (bicyclic) bond motifs is 1. The third-order valence-electron chi connectivity index (χ3n) is 5.55. The molecule has 0 atom stereocenters. The number of benzene rings is 2. The van der Waals surface area contributed by atoms with Crippen LogP contribution in [0.5, 0.6) is 17.2 Å². The number of aromatic amines is 1. The first-order chi connectivity index (χ1) is 17.0. The van der Waals surface area contributed by atoms with Crippen LogP contribution < -0.4 is 25.1 Å². The van der Waals surface area contributed by atoms with Crippen molar-refractivity contribution in [2.75, 3.05) is 41.1 Å². The zero-order valence-corrected chi connectivity index (χ0v) is 21.5. The molecule has 8 nitrogen and oxygen atoms in total. The molecule has 0 aliphatic heterocycles. The van der Waals surface area contributed by atoms with Crippen molar-refractivity contribution in [2.45, 2.75) is 26.4 Å². The molecule has 2 N–H and O–H groups in total. The van der Waals surface area contributed by atoms with Crippen LogP contribution in [0.15, 0.2) is 47.3 Å². The number of hydrogen-bond acceptors (Lipinski definition) is 6. The molecular weight excluding hydrogens is 466 g/mol. The largest absolute Gasteiger partial charge is 0.497 e. The maximum absolute atomic E-state index is 13.0. The van der Waals surface area contributed by atoms with E-state index in [0.717, 1.165) is 23.1 Å². The summed E-state index contributed by atoms with van der Waals surface area (Å²) in [5.41, 5.74) is 2.14. The van der Waals surface area contributed by atoms with Crippen LogP contribution in [0, 0.1) is 0 Å². The number of H-pyrrole nitrogens is 1. The Kier molecular flexibility index (Phi) is 9.75. The summed E-state index contributed by atoms with van der Waals surface area (Å²) in [6.07, 6.45) is 0.836. The van der Waals surface area contributed by atoms with E-state index in [1.807, 2.05) is 48.2 Å². The summed E-state index contributed by atoms with van der Waals surface area (Å²) in [5, 5.41) is 4.72. The lowest BCUT2D eigenvalue weighted by Gasteiger charge is -2.26. The zero-order chi connectivity index (χ0) is 25.2. The lowest BCUT2D eigenvalue weighted by atomic mass is 10.1. The van der Waals surface area contributed by atoms with Crippen molar-refractivity contribution in [2.24, 2.45) is 0 Å². The molecule has 1 heterocycles. The van der Waals surface area contributed by atoms with Crippen molar-refractivity contribution in [1.82, 2.24) is 15.2 Å². The van der Waals surface area contributed by atoms with Crippen molar-refractivity contribution in [3.8, 4) is 17.2 Å². The standard InChI is InChI=1S/C26H33N3O5S/c1-5-34-12-6-11-27-26(35)29(16-18-7-9-21(31-2)10-8-18)17-20-13-19-14-23(32-3)24(33-4)15-22(19)28-25(20)30/h7-10,13-15H,5-6,11-12,16-17H2,1-4H3,(H,27,35)(H,28,30). The SMILES string of the molecule is CCOCCCNC(=S)N(Cc1ccc(OC)cc1)Cc1cc2cc(OC)c(OC)cc2[nH]c1=O. The molecule has 35 heavy (non-hydrogen) atoms. The molecule has 0 bridgehead atoms. The van der Waals surface area contributed by atoms with Gasteiger partial charge in [-0.25, -0.2) is 0 Å². The molecule has 0 aliphatic carbocycles. The van der Waals surface area contributed by atoms with Crippen molar-refractivity contribution >= 4 is 28.2 Å². The van der Waals surface area contributed by atoms with Crippen LogP contribution in [0.4, 0.5) is 0 Å². The molecular formula is C26H33N3O5S. The fraction of sp³-hybridized carbons (Fsp3) is 0.385. The second kappa shape index (κ2) is 13.0. The molecule has 0 aliphatic rings. The number of aromatic nitrogens is 1. The van der Waals surface area contributed by atoms with Gasteiger partial charge in [-0.3, -0.25) is 4.79 Å². The van der Waals surface area contributed by atoms with Gasteiger partial charge in [0.05, 0.1) is 33.4 Å². The Morgan fingerprint density at radius 2 is 1.71 bits per heavy atom. The van der Waals surface area contributed by atoms with Crippen LogP contribution in [-0.4, -0.2) is 56.1 Å². The molecule has 188 valence electrons. The average molecular weight is 500 g/mol. The summed E-state index contributed by atoms with van der Waals surface area (Å²) in [5.74, 6) is 1.94. The Hall–Kier alpha value is -3.30. The van der Waals surface area contributed by atoms with E-state index in [0.29, 0.717) is 60.5 Å². The van der Waals surface area contributed by atoms with E-state index in [-0.39, 0.29) is 5.56 Å². The van der Waals surface area contributed by atoms with Gasteiger partial charge in [-0.2, -0.15) is 0 Å². The summed E-state index contributed by atoms with van der Waals surface area (Å²) in [4.78, 5) is 17.9. The number of pyridine rings is 1. The van der Waals surface area contributed by atoms with E-state index >= 15 is 0 Å². The second-order valence-electron chi connectivity index (χ2n) is 7.90. The van der Waals surface area contributed by atoms with E-state index in [4.69, 9.17) is 31.2 Å². The van der Waals surface area contributed by atoms with Crippen LogP contribution >= 0.6 is 12.2 Å². The summed E-state index contributed by atoms with van der Waals surface area (Å²) < 4.78 is 21.5. The van der Waals surface area contributed by atoms with E-state index in [2.05, 4.69) is 10.3 Å². The number of thiocarbonyl (C=S) groups is 1. The Labute approximate surface area is 211 Å². The topological polar surface area (TPSA) is 85.1 Å². The quantitative estimate of drug-likeness (QED) is 0.287. The van der Waals surface area contributed by atoms with Gasteiger partial charge in [-0.1, -0.05) is 12.1 Å². The maximum atomic E-state index is 13.0. The summed E-state index contributed by atoms with van der Waals surface area (Å²) in [6, 6.07) is 13.3. The van der Waals surface area contributed by atoms with Gasteiger partial charge < -0.3 is 34.1 Å². The first kappa shape index (κ1) is 26.3. The van der Waals surface area contributed by atoms with Crippen LogP contribution in [0.1, 0.15) is 24.5 Å². The Bertz CT molecular complexity index is 1180. The average Bonchev–Trinajstić information content (AvgIpc) is 2.88. The molecule has 0 saturated heterocycles. The monoisotopic (exact) mass is 499 g/mol. The summed E-state index contributed by atoms with van der Waals surface area (Å²) in [7, 11) is 4.79. The summed E-state index contributed by atoms with van der Waals surface area (Å²) in [6.45, 7) is 4.88. The molecule has 0 amide bonds. The Balaban J connectivity index is 1.86. The van der Waals surface area contributed by atoms with E-state index in [1.54, 1.807) is 27.4 Å². The van der Waals surface area contributed by atoms with Crippen LogP contribution in [-0.2, 0) is 17.8 Å². The molecule has 3 rings (SSSR count). The maximum Gasteiger partial charge on any atom is 0.253 e. The van der Waals surface area contributed by atoms with Gasteiger partial charge >= 0.3 is 0 Å². The number of hydrogen-bond donors (Lipinski definition) is 2. The lowest BCUT2D eigenvalue weighted by molar-refractivity contribution is 0.145. The highest BCUT2D eigenvalue weighted by Gasteiger charge is 2.15. The van der Waals surface area contributed by atoms with Crippen LogP contribution in [0.2, 0.25) is 0 Å². The first-order valence-electron chi connectivity index (χ1n) is 11.5. The third-order valence-corrected chi connectivity index (χ3v) is 5.95. The molecule has 0 unspecified atom stereocenters. The van der Waals surface area contributed by atoms with Crippen molar-refractivity contribution < 1.29 is 18.9 Å². The molecule has 1 aromatic heterocycles. The normalized spacial score (nSPS) is 10.7. The lowest BCUT2D eigenvalue weighted by Crippen LogP contribution is -2.40. The Morgan fingerprint density at radius 3 is 2.37 bits per heavy atom. The number of nitrogens with zero attached hydrogens (tertiary/aromatic N) is 1. The number of rotatable bonds is 12. The minimum Gasteiger partial charge on any atom is -0.497 e. The van der Waals surface area contributed by atoms with Gasteiger partial charge in [0, 0.05) is 43.3 Å². The fourth-order valence-electron chi connectivity index (χ4n) is 3.68. The predicted molar refractivity (Wildman–Crippen MR) is 142 cm³/mol. The first-order valence-corrected chi connectivity index (χ1v) is 11.9. The van der Waals surface area contributed by atoms with Gasteiger partial charge in [0.15, 0.2) is 16.6 Å².